The Labute approximate surface area is 178 Å². The summed E-state index contributed by atoms with van der Waals surface area (Å²) >= 11 is 0. The van der Waals surface area contributed by atoms with E-state index in [9.17, 15) is 14.0 Å². The number of benzene rings is 1. The average Bonchev–Trinajstić information content (AvgIpc) is 2.78. The van der Waals surface area contributed by atoms with Crippen LogP contribution < -0.4 is 21.9 Å². The predicted molar refractivity (Wildman–Crippen MR) is 117 cm³/mol. The summed E-state index contributed by atoms with van der Waals surface area (Å²) in [5.41, 5.74) is -0.811. The smallest absolute Gasteiger partial charge is 0.337 e. The monoisotopic (exact) mass is 430 g/mol. The van der Waals surface area contributed by atoms with E-state index in [1.807, 2.05) is 0 Å². The highest BCUT2D eigenvalue weighted by Crippen LogP contribution is 2.12. The van der Waals surface area contributed by atoms with Crippen LogP contribution in [0.3, 0.4) is 0 Å². The van der Waals surface area contributed by atoms with Gasteiger partial charge in [0.2, 0.25) is 5.95 Å². The molecule has 3 aromatic rings. The fourth-order valence-electron chi connectivity index (χ4n) is 3.16. The predicted octanol–water partition coefficient (Wildman–Crippen LogP) is 0.357. The van der Waals surface area contributed by atoms with Crippen LogP contribution in [0.2, 0.25) is 0 Å². The molecule has 0 amide bonds. The molecule has 0 aliphatic rings. The molecule has 0 saturated heterocycles. The van der Waals surface area contributed by atoms with Crippen molar-refractivity contribution in [3.05, 3.63) is 50.9 Å². The first-order valence-corrected chi connectivity index (χ1v) is 10.3. The van der Waals surface area contributed by atoms with Gasteiger partial charge in [0.05, 0.1) is 5.69 Å². The van der Waals surface area contributed by atoms with Gasteiger partial charge in [-0.15, -0.1) is 10.2 Å². The topological polar surface area (TPSA) is 110 Å². The second kappa shape index (κ2) is 10.2. The summed E-state index contributed by atoms with van der Waals surface area (Å²) in [5, 5.41) is 14.4. The van der Waals surface area contributed by atoms with E-state index in [2.05, 4.69) is 44.6 Å². The molecule has 0 fully saturated rings. The van der Waals surface area contributed by atoms with Crippen LogP contribution in [0.4, 0.5) is 10.3 Å². The van der Waals surface area contributed by atoms with Gasteiger partial charge in [-0.3, -0.25) is 9.36 Å². The molecule has 0 bridgehead atoms. The minimum Gasteiger partial charge on any atom is -0.352 e. The van der Waals surface area contributed by atoms with Crippen LogP contribution >= 0.6 is 0 Å². The summed E-state index contributed by atoms with van der Waals surface area (Å²) in [7, 11) is 1.36. The van der Waals surface area contributed by atoms with Gasteiger partial charge < -0.3 is 15.5 Å². The number of likely N-dealkylation sites (N-methyl/N-ethyl adjacent to an activating group) is 1. The van der Waals surface area contributed by atoms with E-state index in [4.69, 9.17) is 0 Å². The molecule has 3 rings (SSSR count). The minimum absolute atomic E-state index is 0.00147. The Morgan fingerprint density at radius 2 is 1.74 bits per heavy atom. The third-order valence-electron chi connectivity index (χ3n) is 5.04. The van der Waals surface area contributed by atoms with Crippen molar-refractivity contribution in [2.45, 2.75) is 13.8 Å². The Kier molecular flexibility index (Phi) is 7.42. The maximum absolute atomic E-state index is 13.3. The number of anilines is 1. The number of halogens is 1. The van der Waals surface area contributed by atoms with Gasteiger partial charge in [-0.1, -0.05) is 13.8 Å². The molecule has 2 aromatic heterocycles. The van der Waals surface area contributed by atoms with Gasteiger partial charge >= 0.3 is 5.69 Å². The Morgan fingerprint density at radius 3 is 2.42 bits per heavy atom. The first-order valence-electron chi connectivity index (χ1n) is 10.3. The second-order valence-corrected chi connectivity index (χ2v) is 6.97. The Balaban J connectivity index is 1.77. The Bertz CT molecular complexity index is 1140. The molecule has 31 heavy (non-hydrogen) atoms. The average molecular weight is 430 g/mol. The van der Waals surface area contributed by atoms with Crippen molar-refractivity contribution in [1.82, 2.24) is 34.5 Å². The molecular weight excluding hydrogens is 403 g/mol. The van der Waals surface area contributed by atoms with E-state index in [0.717, 1.165) is 30.7 Å². The van der Waals surface area contributed by atoms with Gasteiger partial charge in [0.25, 0.3) is 5.56 Å². The fraction of sp³-hybridized carbons (Fsp3) is 0.450. The molecular formula is C20H27FN8O2. The number of aromatic nitrogens is 5. The van der Waals surface area contributed by atoms with Crippen LogP contribution in [0.15, 0.2) is 33.9 Å². The molecule has 0 atom stereocenters. The van der Waals surface area contributed by atoms with Gasteiger partial charge in [0.15, 0.2) is 11.2 Å². The van der Waals surface area contributed by atoms with Crippen LogP contribution in [-0.4, -0.2) is 68.5 Å². The highest BCUT2D eigenvalue weighted by molar-refractivity contribution is 5.71. The molecule has 11 heteroatoms. The SMILES string of the molecule is CCN(CC)CCNCCNc1nnc2c(n1)c(=O)n(C)c(=O)n2-c1ccc(F)cc1. The molecule has 166 valence electrons. The largest absolute Gasteiger partial charge is 0.352 e. The third-order valence-corrected chi connectivity index (χ3v) is 5.04. The lowest BCUT2D eigenvalue weighted by Crippen LogP contribution is -2.38. The quantitative estimate of drug-likeness (QED) is 0.444. The lowest BCUT2D eigenvalue weighted by atomic mass is 10.3. The van der Waals surface area contributed by atoms with E-state index in [0.29, 0.717) is 18.8 Å². The van der Waals surface area contributed by atoms with E-state index in [1.54, 1.807) is 0 Å². The van der Waals surface area contributed by atoms with Gasteiger partial charge in [0, 0.05) is 33.2 Å². The summed E-state index contributed by atoms with van der Waals surface area (Å²) in [6.07, 6.45) is 0. The van der Waals surface area contributed by atoms with Crippen molar-refractivity contribution in [2.24, 2.45) is 7.05 Å². The molecule has 0 aliphatic heterocycles. The molecule has 2 heterocycles. The highest BCUT2D eigenvalue weighted by atomic mass is 19.1. The van der Waals surface area contributed by atoms with Gasteiger partial charge in [0.1, 0.15) is 5.82 Å². The molecule has 10 nitrogen and oxygen atoms in total. The van der Waals surface area contributed by atoms with Gasteiger partial charge in [-0.05, 0) is 37.4 Å². The van der Waals surface area contributed by atoms with E-state index in [1.165, 1.54) is 35.9 Å². The molecule has 1 aromatic carbocycles. The molecule has 0 unspecified atom stereocenters. The zero-order valence-electron chi connectivity index (χ0n) is 17.9. The lowest BCUT2D eigenvalue weighted by molar-refractivity contribution is 0.303. The normalized spacial score (nSPS) is 11.4. The van der Waals surface area contributed by atoms with Gasteiger partial charge in [-0.2, -0.15) is 0 Å². The molecule has 0 saturated carbocycles. The summed E-state index contributed by atoms with van der Waals surface area (Å²) < 4.78 is 15.4. The maximum Gasteiger partial charge on any atom is 0.337 e. The number of hydrogen-bond donors (Lipinski definition) is 2. The molecule has 0 spiro atoms. The van der Waals surface area contributed by atoms with Crippen LogP contribution in [0.25, 0.3) is 16.9 Å². The number of fused-ring (bicyclic) bond motifs is 1. The first kappa shape index (κ1) is 22.5. The number of rotatable bonds is 10. The maximum atomic E-state index is 13.3. The van der Waals surface area contributed by atoms with Crippen molar-refractivity contribution in [3.8, 4) is 5.69 Å². The second-order valence-electron chi connectivity index (χ2n) is 6.97. The Hall–Kier alpha value is -3.18. The van der Waals surface area contributed by atoms with Crippen molar-refractivity contribution >= 4 is 17.1 Å². The summed E-state index contributed by atoms with van der Waals surface area (Å²) in [6, 6.07) is 5.31. The fourth-order valence-corrected chi connectivity index (χ4v) is 3.16. The number of hydrogen-bond acceptors (Lipinski definition) is 8. The molecule has 0 radical (unpaired) electrons. The van der Waals surface area contributed by atoms with Crippen molar-refractivity contribution in [1.29, 1.82) is 0 Å². The Morgan fingerprint density at radius 1 is 1.03 bits per heavy atom. The highest BCUT2D eigenvalue weighted by Gasteiger charge is 2.16. The summed E-state index contributed by atoms with van der Waals surface area (Å²) in [4.78, 5) is 31.8. The van der Waals surface area contributed by atoms with E-state index < -0.39 is 17.1 Å². The first-order chi connectivity index (χ1) is 15.0. The van der Waals surface area contributed by atoms with Crippen LogP contribution in [0, 0.1) is 5.82 Å². The van der Waals surface area contributed by atoms with Crippen LogP contribution in [-0.2, 0) is 7.05 Å². The van der Waals surface area contributed by atoms with Crippen molar-refractivity contribution in [2.75, 3.05) is 44.6 Å². The zero-order valence-corrected chi connectivity index (χ0v) is 17.9. The van der Waals surface area contributed by atoms with E-state index >= 15 is 0 Å². The zero-order chi connectivity index (χ0) is 22.4. The molecule has 0 aliphatic carbocycles. The number of nitrogens with one attached hydrogen (secondary N) is 2. The summed E-state index contributed by atoms with van der Waals surface area (Å²) in [5.74, 6) is -0.244. The third kappa shape index (κ3) is 5.12. The number of nitrogens with zero attached hydrogens (tertiary/aromatic N) is 6. The standard InChI is InChI=1S/C20H27FN8O2/c1-4-28(5-2)13-12-22-10-11-23-19-24-16-17(25-26-19)29(20(31)27(3)18(16)30)15-8-6-14(21)7-9-15/h6-9,22H,4-5,10-13H2,1-3H3,(H,23,24,26). The van der Waals surface area contributed by atoms with Crippen molar-refractivity contribution in [3.63, 3.8) is 0 Å². The lowest BCUT2D eigenvalue weighted by Gasteiger charge is -2.18. The summed E-state index contributed by atoms with van der Waals surface area (Å²) in [6.45, 7) is 9.38. The minimum atomic E-state index is -0.613. The van der Waals surface area contributed by atoms with Crippen molar-refractivity contribution < 1.29 is 4.39 Å². The van der Waals surface area contributed by atoms with Crippen LogP contribution in [0.1, 0.15) is 13.8 Å². The van der Waals surface area contributed by atoms with E-state index in [-0.39, 0.29) is 17.1 Å². The molecule has 2 N–H and O–H groups in total. The van der Waals surface area contributed by atoms with Gasteiger partial charge in [-0.25, -0.2) is 18.7 Å². The van der Waals surface area contributed by atoms with Crippen LogP contribution in [0.5, 0.6) is 0 Å².